The molecule has 0 radical (unpaired) electrons. The third kappa shape index (κ3) is 43.4. The van der Waals surface area contributed by atoms with Gasteiger partial charge in [0.15, 0.2) is 0 Å². The Hall–Kier alpha value is -1.54. The number of quaternary nitrogens is 1. The van der Waals surface area contributed by atoms with Gasteiger partial charge in [-0.3, -0.25) is 9.36 Å². The van der Waals surface area contributed by atoms with Crippen molar-refractivity contribution in [1.82, 2.24) is 0 Å². The summed E-state index contributed by atoms with van der Waals surface area (Å²) in [5.74, 6) is -0.412. The topological polar surface area (TPSA) is 94.1 Å². The number of likely N-dealkylation sites (N-methyl/N-ethyl adjacent to an activating group) is 1. The van der Waals surface area contributed by atoms with Gasteiger partial charge in [-0.05, 0) is 38.5 Å². The molecule has 0 aliphatic carbocycles. The van der Waals surface area contributed by atoms with Gasteiger partial charge in [-0.2, -0.15) is 0 Å². The average Bonchev–Trinajstić information content (AvgIpc) is 3.13. The normalized spacial score (nSPS) is 14.2. The predicted molar refractivity (Wildman–Crippen MR) is 231 cm³/mol. The number of hydrogen-bond acceptors (Lipinski definition) is 7. The van der Waals surface area contributed by atoms with Crippen LogP contribution in [0.1, 0.15) is 181 Å². The second-order valence-corrected chi connectivity index (χ2v) is 17.4. The summed E-state index contributed by atoms with van der Waals surface area (Å²) in [6.45, 7) is 5.21. The molecule has 0 aliphatic heterocycles. The van der Waals surface area contributed by atoms with E-state index in [2.05, 4.69) is 50.3 Å². The SMILES string of the molecule is CC/C=C\C/C=C\C/C=C\C/C=C\CCC(=O)OC(COCCCCCCCCCCCCCCCCCCCCCC)COP(=O)([O-])OCC[N+](C)(C)C. The number of unbranched alkanes of at least 4 members (excludes halogenated alkanes) is 19. The minimum absolute atomic E-state index is 0.0134. The number of ether oxygens (including phenoxy) is 2. The highest BCUT2D eigenvalue weighted by Gasteiger charge is 2.20. The fraction of sp³-hybridized carbons (Fsp3) is 0.804. The molecular weight excluding hydrogens is 709 g/mol. The van der Waals surface area contributed by atoms with Crippen molar-refractivity contribution in [1.29, 1.82) is 0 Å². The van der Waals surface area contributed by atoms with Crippen molar-refractivity contribution < 1.29 is 37.3 Å². The van der Waals surface area contributed by atoms with Gasteiger partial charge in [-0.15, -0.1) is 0 Å². The molecule has 8 nitrogen and oxygen atoms in total. The van der Waals surface area contributed by atoms with Crippen LogP contribution >= 0.6 is 7.82 Å². The van der Waals surface area contributed by atoms with Crippen LogP contribution in [0.3, 0.4) is 0 Å². The van der Waals surface area contributed by atoms with Crippen LogP contribution in [0.5, 0.6) is 0 Å². The second kappa shape index (κ2) is 39.3. The van der Waals surface area contributed by atoms with E-state index in [0.717, 1.165) is 38.5 Å². The number of hydrogen-bond donors (Lipinski definition) is 0. The zero-order valence-electron chi connectivity index (χ0n) is 36.4. The number of rotatable bonds is 41. The van der Waals surface area contributed by atoms with Crippen LogP contribution in [0.25, 0.3) is 0 Å². The summed E-state index contributed by atoms with van der Waals surface area (Å²) in [5.41, 5.74) is 0. The van der Waals surface area contributed by atoms with Crippen molar-refractivity contribution >= 4 is 13.8 Å². The smallest absolute Gasteiger partial charge is 0.306 e. The van der Waals surface area contributed by atoms with E-state index in [1.54, 1.807) is 0 Å². The van der Waals surface area contributed by atoms with Crippen molar-refractivity contribution in [3.05, 3.63) is 48.6 Å². The number of phosphoric ester groups is 1. The summed E-state index contributed by atoms with van der Waals surface area (Å²) in [6.07, 6.45) is 47.2. The third-order valence-corrected chi connectivity index (χ3v) is 10.4. The van der Waals surface area contributed by atoms with E-state index in [1.165, 1.54) is 116 Å². The molecule has 2 atom stereocenters. The summed E-state index contributed by atoms with van der Waals surface area (Å²) >= 11 is 0. The lowest BCUT2D eigenvalue weighted by Gasteiger charge is -2.28. The van der Waals surface area contributed by atoms with E-state index >= 15 is 0 Å². The molecule has 2 unspecified atom stereocenters. The van der Waals surface area contributed by atoms with E-state index in [1.807, 2.05) is 33.3 Å². The molecule has 0 aromatic carbocycles. The first-order valence-electron chi connectivity index (χ1n) is 22.4. The van der Waals surface area contributed by atoms with Crippen LogP contribution in [0.15, 0.2) is 48.6 Å². The Morgan fingerprint density at radius 3 is 1.47 bits per heavy atom. The molecule has 0 saturated heterocycles. The quantitative estimate of drug-likeness (QED) is 0.0200. The predicted octanol–water partition coefficient (Wildman–Crippen LogP) is 12.5. The van der Waals surface area contributed by atoms with Crippen LogP contribution in [0.2, 0.25) is 0 Å². The maximum atomic E-state index is 12.6. The molecule has 0 rings (SSSR count). The highest BCUT2D eigenvalue weighted by Crippen LogP contribution is 2.38. The monoisotopic (exact) mass is 796 g/mol. The summed E-state index contributed by atoms with van der Waals surface area (Å²) in [6, 6.07) is 0. The lowest BCUT2D eigenvalue weighted by Crippen LogP contribution is -2.37. The Bertz CT molecular complexity index is 1020. The van der Waals surface area contributed by atoms with Crippen LogP contribution in [-0.2, 0) is 27.9 Å². The summed E-state index contributed by atoms with van der Waals surface area (Å²) in [4.78, 5) is 25.0. The first kappa shape index (κ1) is 53.5. The minimum Gasteiger partial charge on any atom is -0.756 e. The average molecular weight is 796 g/mol. The molecule has 55 heavy (non-hydrogen) atoms. The number of allylic oxidation sites excluding steroid dienone is 8. The highest BCUT2D eigenvalue weighted by molar-refractivity contribution is 7.45. The highest BCUT2D eigenvalue weighted by atomic mass is 31.2. The largest absolute Gasteiger partial charge is 0.756 e. The molecule has 0 saturated carbocycles. The molecular formula is C46H86NO7P. The van der Waals surface area contributed by atoms with E-state index in [9.17, 15) is 14.3 Å². The van der Waals surface area contributed by atoms with E-state index in [0.29, 0.717) is 24.1 Å². The Kier molecular flexibility index (Phi) is 38.2. The third-order valence-electron chi connectivity index (χ3n) is 9.41. The zero-order chi connectivity index (χ0) is 40.6. The molecule has 0 aromatic rings. The van der Waals surface area contributed by atoms with Gasteiger partial charge < -0.3 is 27.9 Å². The van der Waals surface area contributed by atoms with Crippen LogP contribution in [-0.4, -0.2) is 70.7 Å². The number of carbonyl (C=O) groups excluding carboxylic acids is 1. The molecule has 0 aliphatic rings. The lowest BCUT2D eigenvalue weighted by molar-refractivity contribution is -0.870. The number of phosphoric acid groups is 1. The van der Waals surface area contributed by atoms with Crippen molar-refractivity contribution in [2.24, 2.45) is 0 Å². The molecule has 0 heterocycles. The fourth-order valence-corrected chi connectivity index (χ4v) is 6.70. The molecule has 0 aromatic heterocycles. The Balaban J connectivity index is 4.22. The maximum Gasteiger partial charge on any atom is 0.306 e. The van der Waals surface area contributed by atoms with Gasteiger partial charge in [0.25, 0.3) is 7.82 Å². The van der Waals surface area contributed by atoms with Crippen molar-refractivity contribution in [2.75, 3.05) is 54.1 Å². The van der Waals surface area contributed by atoms with Gasteiger partial charge in [-0.25, -0.2) is 0 Å². The van der Waals surface area contributed by atoms with Crippen molar-refractivity contribution in [2.45, 2.75) is 187 Å². The lowest BCUT2D eigenvalue weighted by atomic mass is 10.0. The van der Waals surface area contributed by atoms with E-state index < -0.39 is 19.9 Å². The first-order valence-corrected chi connectivity index (χ1v) is 23.8. The Labute approximate surface area is 339 Å². The molecule has 0 bridgehead atoms. The van der Waals surface area contributed by atoms with Crippen LogP contribution in [0.4, 0.5) is 0 Å². The van der Waals surface area contributed by atoms with Crippen LogP contribution in [0, 0.1) is 0 Å². The molecule has 322 valence electrons. The first-order chi connectivity index (χ1) is 26.6. The van der Waals surface area contributed by atoms with E-state index in [-0.39, 0.29) is 26.2 Å². The molecule has 0 N–H and O–H groups in total. The van der Waals surface area contributed by atoms with Gasteiger partial charge in [0.2, 0.25) is 0 Å². The van der Waals surface area contributed by atoms with Gasteiger partial charge in [0.05, 0.1) is 34.4 Å². The van der Waals surface area contributed by atoms with Crippen molar-refractivity contribution in [3.63, 3.8) is 0 Å². The number of carbonyl (C=O) groups is 1. The molecule has 0 fully saturated rings. The standard InChI is InChI=1S/C46H86NO7P/c1-6-8-10-12-14-16-18-20-21-22-23-24-25-26-28-30-32-34-36-38-41-51-43-45(44-53-55(49,50)52-42-40-47(3,4)5)54-46(48)39-37-35-33-31-29-27-19-17-15-13-11-9-7-2/h9,11,15,17,27,29,33,35,45H,6-8,10,12-14,16,18-26,28,30-32,34,36-44H2,1-5H3/b11-9-,17-15-,29-27-,35-33-. The fourth-order valence-electron chi connectivity index (χ4n) is 5.97. The van der Waals surface area contributed by atoms with Gasteiger partial charge in [0.1, 0.15) is 19.3 Å². The molecule has 9 heteroatoms. The summed E-state index contributed by atoms with van der Waals surface area (Å²) in [7, 11) is 1.31. The van der Waals surface area contributed by atoms with E-state index in [4.69, 9.17) is 18.5 Å². The minimum atomic E-state index is -4.54. The second-order valence-electron chi connectivity index (χ2n) is 16.0. The molecule has 0 amide bonds. The Morgan fingerprint density at radius 1 is 0.582 bits per heavy atom. The zero-order valence-corrected chi connectivity index (χ0v) is 37.3. The van der Waals surface area contributed by atoms with Crippen LogP contribution < -0.4 is 4.89 Å². The van der Waals surface area contributed by atoms with Crippen molar-refractivity contribution in [3.8, 4) is 0 Å². The summed E-state index contributed by atoms with van der Waals surface area (Å²) < 4.78 is 34.5. The van der Waals surface area contributed by atoms with Gasteiger partial charge in [0, 0.05) is 13.0 Å². The maximum absolute atomic E-state index is 12.6. The number of esters is 1. The van der Waals surface area contributed by atoms with Gasteiger partial charge in [-0.1, -0.05) is 184 Å². The van der Waals surface area contributed by atoms with Gasteiger partial charge >= 0.3 is 5.97 Å². The molecule has 0 spiro atoms. The summed E-state index contributed by atoms with van der Waals surface area (Å²) in [5, 5.41) is 0. The Morgan fingerprint density at radius 2 is 1.02 bits per heavy atom. The number of nitrogens with zero attached hydrogens (tertiary/aromatic N) is 1.